The van der Waals surface area contributed by atoms with Gasteiger partial charge in [0.25, 0.3) is 5.88 Å². The van der Waals surface area contributed by atoms with Gasteiger partial charge in [0.05, 0.1) is 19.6 Å². The predicted octanol–water partition coefficient (Wildman–Crippen LogP) is 3.09. The van der Waals surface area contributed by atoms with Gasteiger partial charge >= 0.3 is 0 Å². The van der Waals surface area contributed by atoms with Crippen LogP contribution in [-0.4, -0.2) is 68.9 Å². The fourth-order valence-corrected chi connectivity index (χ4v) is 3.41. The van der Waals surface area contributed by atoms with Crippen molar-refractivity contribution >= 4 is 34.9 Å². The van der Waals surface area contributed by atoms with Crippen molar-refractivity contribution in [3.8, 4) is 5.88 Å². The molecule has 4 rings (SSSR count). The summed E-state index contributed by atoms with van der Waals surface area (Å²) in [7, 11) is 5.54. The maximum absolute atomic E-state index is 9.06. The number of likely N-dealkylation sites (N-methyl/N-ethyl adjacent to an activating group) is 1. The highest BCUT2D eigenvalue weighted by Gasteiger charge is 2.25. The average molecular weight is 472 g/mol. The highest BCUT2D eigenvalue weighted by Crippen LogP contribution is 2.31. The lowest BCUT2D eigenvalue weighted by molar-refractivity contribution is -0.104. The number of aryl methyl sites for hydroxylation is 1. The molecule has 0 aromatic carbocycles. The van der Waals surface area contributed by atoms with Crippen LogP contribution in [0.1, 0.15) is 40.2 Å². The summed E-state index contributed by atoms with van der Waals surface area (Å²) in [5, 5.41) is 11.2. The molecule has 1 saturated heterocycles. The van der Waals surface area contributed by atoms with Gasteiger partial charge in [0.15, 0.2) is 17.0 Å². The van der Waals surface area contributed by atoms with Crippen LogP contribution in [0.2, 0.25) is 0 Å². The number of carbonyl (C=O) groups is 1. The zero-order valence-corrected chi connectivity index (χ0v) is 21.2. The second-order valence-electron chi connectivity index (χ2n) is 7.74. The van der Waals surface area contributed by atoms with Gasteiger partial charge in [0.1, 0.15) is 12.0 Å². The number of hydrogen-bond donors (Lipinski definition) is 2. The van der Waals surface area contributed by atoms with E-state index in [1.165, 1.54) is 6.08 Å². The van der Waals surface area contributed by atoms with Gasteiger partial charge in [0.2, 0.25) is 5.95 Å². The van der Waals surface area contributed by atoms with Crippen molar-refractivity contribution in [2.24, 2.45) is 7.05 Å². The first-order valence-electron chi connectivity index (χ1n) is 11.5. The van der Waals surface area contributed by atoms with Crippen LogP contribution in [0, 0.1) is 0 Å². The molecule has 1 atom stereocenters. The SMILES string of the molecule is C=CC=O.CC.CNC1CCN(c2nc(Nc3cn(C(C)C)nc3OC)c3ncn(C)c3n2)C1. The summed E-state index contributed by atoms with van der Waals surface area (Å²) in [5.41, 5.74) is 2.26. The van der Waals surface area contributed by atoms with Gasteiger partial charge in [-0.15, -0.1) is 5.10 Å². The Morgan fingerprint density at radius 3 is 2.56 bits per heavy atom. The molecule has 11 nitrogen and oxygen atoms in total. The van der Waals surface area contributed by atoms with Crippen molar-refractivity contribution in [2.75, 3.05) is 37.5 Å². The molecule has 0 radical (unpaired) electrons. The zero-order chi connectivity index (χ0) is 25.3. The number of carbonyl (C=O) groups excluding carboxylic acids is 1. The van der Waals surface area contributed by atoms with Gasteiger partial charge in [-0.25, -0.2) is 4.98 Å². The molecule has 0 aliphatic carbocycles. The number of aldehydes is 1. The second kappa shape index (κ2) is 12.7. The molecule has 186 valence electrons. The lowest BCUT2D eigenvalue weighted by atomic mass is 10.3. The number of imidazole rings is 1. The summed E-state index contributed by atoms with van der Waals surface area (Å²) in [5.74, 6) is 1.87. The number of methoxy groups -OCH3 is 1. The summed E-state index contributed by atoms with van der Waals surface area (Å²) >= 11 is 0. The van der Waals surface area contributed by atoms with Gasteiger partial charge in [-0.05, 0) is 33.4 Å². The molecular weight excluding hydrogens is 434 g/mol. The molecule has 11 heteroatoms. The van der Waals surface area contributed by atoms with Gasteiger partial charge in [-0.1, -0.05) is 20.4 Å². The number of hydrogen-bond acceptors (Lipinski definition) is 9. The van der Waals surface area contributed by atoms with Gasteiger partial charge < -0.3 is 24.8 Å². The molecule has 1 unspecified atom stereocenters. The van der Waals surface area contributed by atoms with Crippen molar-refractivity contribution in [3.05, 3.63) is 25.2 Å². The molecule has 1 aliphatic heterocycles. The smallest absolute Gasteiger partial charge is 0.256 e. The van der Waals surface area contributed by atoms with E-state index in [0.29, 0.717) is 30.0 Å². The number of anilines is 3. The fraction of sp³-hybridized carbons (Fsp3) is 0.522. The van der Waals surface area contributed by atoms with Crippen LogP contribution in [0.3, 0.4) is 0 Å². The molecule has 0 saturated carbocycles. The topological polar surface area (TPSA) is 115 Å². The Kier molecular flexibility index (Phi) is 9.99. The minimum atomic E-state index is 0.225. The summed E-state index contributed by atoms with van der Waals surface area (Å²) in [4.78, 5) is 25.3. The van der Waals surface area contributed by atoms with E-state index in [-0.39, 0.29) is 6.04 Å². The van der Waals surface area contributed by atoms with Gasteiger partial charge in [-0.2, -0.15) is 9.97 Å². The molecule has 1 aliphatic rings. The second-order valence-corrected chi connectivity index (χ2v) is 7.74. The van der Waals surface area contributed by atoms with Crippen LogP contribution in [0.25, 0.3) is 11.2 Å². The van der Waals surface area contributed by atoms with Crippen molar-refractivity contribution in [1.82, 2.24) is 34.6 Å². The molecule has 34 heavy (non-hydrogen) atoms. The van der Waals surface area contributed by atoms with Crippen LogP contribution in [0.15, 0.2) is 25.2 Å². The molecule has 4 heterocycles. The lowest BCUT2D eigenvalue weighted by Gasteiger charge is -2.17. The third kappa shape index (κ3) is 6.10. The number of nitrogens with one attached hydrogen (secondary N) is 2. The first kappa shape index (κ1) is 26.8. The predicted molar refractivity (Wildman–Crippen MR) is 136 cm³/mol. The summed E-state index contributed by atoms with van der Waals surface area (Å²) in [6, 6.07) is 0.676. The van der Waals surface area contributed by atoms with Crippen molar-refractivity contribution in [1.29, 1.82) is 0 Å². The number of nitrogens with zero attached hydrogens (tertiary/aromatic N) is 7. The van der Waals surface area contributed by atoms with E-state index in [9.17, 15) is 0 Å². The molecule has 0 amide bonds. The van der Waals surface area contributed by atoms with E-state index in [1.54, 1.807) is 13.4 Å². The monoisotopic (exact) mass is 471 g/mol. The van der Waals surface area contributed by atoms with Crippen LogP contribution in [0.4, 0.5) is 17.5 Å². The quantitative estimate of drug-likeness (QED) is 0.396. The van der Waals surface area contributed by atoms with E-state index >= 15 is 0 Å². The first-order valence-corrected chi connectivity index (χ1v) is 11.5. The third-order valence-corrected chi connectivity index (χ3v) is 5.20. The fourth-order valence-electron chi connectivity index (χ4n) is 3.41. The zero-order valence-electron chi connectivity index (χ0n) is 21.2. The number of fused-ring (bicyclic) bond motifs is 1. The Morgan fingerprint density at radius 2 is 2.00 bits per heavy atom. The van der Waals surface area contributed by atoms with Crippen molar-refractivity contribution in [3.63, 3.8) is 0 Å². The van der Waals surface area contributed by atoms with E-state index in [1.807, 2.05) is 43.4 Å². The first-order chi connectivity index (χ1) is 16.4. The molecule has 3 aromatic rings. The Labute approximate surface area is 201 Å². The Bertz CT molecular complexity index is 1070. The van der Waals surface area contributed by atoms with E-state index in [4.69, 9.17) is 19.5 Å². The van der Waals surface area contributed by atoms with Crippen LogP contribution < -0.4 is 20.3 Å². The van der Waals surface area contributed by atoms with Crippen molar-refractivity contribution < 1.29 is 9.53 Å². The van der Waals surface area contributed by atoms with Crippen molar-refractivity contribution in [2.45, 2.75) is 46.2 Å². The lowest BCUT2D eigenvalue weighted by Crippen LogP contribution is -2.30. The molecule has 0 bridgehead atoms. The van der Waals surface area contributed by atoms with Crippen LogP contribution >= 0.6 is 0 Å². The summed E-state index contributed by atoms with van der Waals surface area (Å²) in [6.07, 6.45) is 6.58. The Hall–Kier alpha value is -3.47. The standard InChI is InChI=1S/C18H27N9O.C3H4O.C2H6/c1-11(2)27-9-13(17(24-27)28-5)21-15-14-16(25(4)10-20-14)23-18(22-15)26-7-6-12(8-26)19-3;1-2-3-4;1-2/h9-12,19H,6-8H2,1-5H3,(H,21,22,23);2-3H,1H2;1-2H3. The largest absolute Gasteiger partial charge is 0.478 e. The van der Waals surface area contributed by atoms with E-state index < -0.39 is 0 Å². The van der Waals surface area contributed by atoms with Gasteiger partial charge in [0, 0.05) is 32.2 Å². The van der Waals surface area contributed by atoms with E-state index in [2.05, 4.69) is 46.0 Å². The van der Waals surface area contributed by atoms with Crippen LogP contribution in [0.5, 0.6) is 5.88 Å². The summed E-state index contributed by atoms with van der Waals surface area (Å²) < 4.78 is 9.21. The maximum atomic E-state index is 9.06. The average Bonchev–Trinajstić information content (AvgIpc) is 3.59. The molecule has 1 fully saturated rings. The minimum Gasteiger partial charge on any atom is -0.478 e. The summed E-state index contributed by atoms with van der Waals surface area (Å²) in [6.45, 7) is 13.1. The number of aromatic nitrogens is 6. The third-order valence-electron chi connectivity index (χ3n) is 5.20. The van der Waals surface area contributed by atoms with Crippen LogP contribution in [-0.2, 0) is 11.8 Å². The molecular formula is C23H37N9O2. The van der Waals surface area contributed by atoms with E-state index in [0.717, 1.165) is 36.4 Å². The number of ether oxygens (including phenoxy) is 1. The highest BCUT2D eigenvalue weighted by atomic mass is 16.5. The normalized spacial score (nSPS) is 14.8. The minimum absolute atomic E-state index is 0.225. The highest BCUT2D eigenvalue weighted by molar-refractivity contribution is 5.87. The molecule has 0 spiro atoms. The van der Waals surface area contributed by atoms with Gasteiger partial charge in [-0.3, -0.25) is 9.48 Å². The molecule has 2 N–H and O–H groups in total. The molecule has 3 aromatic heterocycles. The Morgan fingerprint density at radius 1 is 1.29 bits per heavy atom. The number of allylic oxidation sites excluding steroid dienone is 1. The maximum Gasteiger partial charge on any atom is 0.256 e. The number of rotatable bonds is 7. The Balaban J connectivity index is 0.000000618.